The molecule has 0 radical (unpaired) electrons. The zero-order valence-corrected chi connectivity index (χ0v) is 12.8. The second-order valence-electron chi connectivity index (χ2n) is 5.07. The van der Waals surface area contributed by atoms with Crippen molar-refractivity contribution in [1.29, 1.82) is 0 Å². The zero-order chi connectivity index (χ0) is 15.8. The molecule has 1 atom stereocenters. The molecule has 1 unspecified atom stereocenters. The van der Waals surface area contributed by atoms with Crippen LogP contribution in [0, 0.1) is 19.7 Å². The number of ether oxygens (including phenoxy) is 1. The number of benzene rings is 1. The second kappa shape index (κ2) is 5.88. The molecule has 0 bridgehead atoms. The summed E-state index contributed by atoms with van der Waals surface area (Å²) in [6.07, 6.45) is 0. The molecule has 0 aromatic heterocycles. The monoisotopic (exact) mass is 318 g/mol. The van der Waals surface area contributed by atoms with Crippen LogP contribution in [0.15, 0.2) is 11.0 Å². The molecule has 118 valence electrons. The third kappa shape index (κ3) is 2.76. The Hall–Kier alpha value is -1.22. The number of anilines is 1. The summed E-state index contributed by atoms with van der Waals surface area (Å²) in [7, 11) is -3.88. The summed E-state index contributed by atoms with van der Waals surface area (Å²) in [5.41, 5.74) is 5.92. The van der Waals surface area contributed by atoms with Crippen LogP contribution in [-0.4, -0.2) is 50.2 Å². The molecule has 1 aliphatic rings. The molecule has 0 saturated carbocycles. The van der Waals surface area contributed by atoms with Gasteiger partial charge in [0, 0.05) is 6.54 Å². The number of hydrogen-bond donors (Lipinski definition) is 2. The molecule has 1 fully saturated rings. The molecule has 1 aromatic rings. The maximum atomic E-state index is 13.6. The average Bonchev–Trinajstić information content (AvgIpc) is 2.44. The van der Waals surface area contributed by atoms with Gasteiger partial charge in [-0.1, -0.05) is 0 Å². The molecular formula is C13H19FN2O4S. The van der Waals surface area contributed by atoms with Gasteiger partial charge in [0.05, 0.1) is 36.4 Å². The minimum absolute atomic E-state index is 0.00162. The molecule has 1 heterocycles. The second-order valence-corrected chi connectivity index (χ2v) is 6.90. The smallest absolute Gasteiger partial charge is 0.244 e. The van der Waals surface area contributed by atoms with E-state index in [1.165, 1.54) is 18.2 Å². The van der Waals surface area contributed by atoms with Crippen molar-refractivity contribution in [3.05, 3.63) is 23.0 Å². The molecule has 0 aliphatic carbocycles. The molecule has 0 amide bonds. The van der Waals surface area contributed by atoms with Crippen LogP contribution in [0.4, 0.5) is 10.1 Å². The molecule has 6 nitrogen and oxygen atoms in total. The minimum Gasteiger partial charge on any atom is -0.396 e. The Morgan fingerprint density at radius 1 is 1.52 bits per heavy atom. The molecule has 1 saturated heterocycles. The molecule has 8 heteroatoms. The number of morpholine rings is 1. The van der Waals surface area contributed by atoms with Crippen molar-refractivity contribution < 1.29 is 22.7 Å². The number of halogens is 1. The van der Waals surface area contributed by atoms with Crippen molar-refractivity contribution in [1.82, 2.24) is 4.31 Å². The van der Waals surface area contributed by atoms with E-state index in [0.717, 1.165) is 6.07 Å². The summed E-state index contributed by atoms with van der Waals surface area (Å²) in [6, 6.07) is 0.470. The lowest BCUT2D eigenvalue weighted by Gasteiger charge is -2.34. The lowest BCUT2D eigenvalue weighted by molar-refractivity contribution is 0.0109. The Kier molecular flexibility index (Phi) is 4.52. The Morgan fingerprint density at radius 3 is 2.81 bits per heavy atom. The van der Waals surface area contributed by atoms with E-state index in [0.29, 0.717) is 5.56 Å². The van der Waals surface area contributed by atoms with Crippen molar-refractivity contribution >= 4 is 15.7 Å². The maximum Gasteiger partial charge on any atom is 0.244 e. The van der Waals surface area contributed by atoms with Crippen LogP contribution >= 0.6 is 0 Å². The predicted octanol–water partition coefficient (Wildman–Crippen LogP) is 0.407. The lowest BCUT2D eigenvalue weighted by Crippen LogP contribution is -2.50. The SMILES string of the molecule is Cc1cc(F)c(N)c(C)c1S(=O)(=O)N1CCOCC1CO. The number of aryl methyl sites for hydroxylation is 1. The highest BCUT2D eigenvalue weighted by atomic mass is 32.2. The first-order valence-electron chi connectivity index (χ1n) is 6.56. The van der Waals surface area contributed by atoms with Gasteiger partial charge in [0.15, 0.2) is 0 Å². The van der Waals surface area contributed by atoms with E-state index in [9.17, 15) is 17.9 Å². The van der Waals surface area contributed by atoms with Gasteiger partial charge in [0.1, 0.15) is 5.82 Å². The number of aliphatic hydroxyl groups is 1. The average molecular weight is 318 g/mol. The molecule has 3 N–H and O–H groups in total. The highest BCUT2D eigenvalue weighted by Gasteiger charge is 2.36. The molecule has 1 aromatic carbocycles. The third-order valence-electron chi connectivity index (χ3n) is 3.65. The number of nitrogens with zero attached hydrogens (tertiary/aromatic N) is 1. The lowest BCUT2D eigenvalue weighted by atomic mass is 10.1. The Bertz CT molecular complexity index is 648. The Morgan fingerprint density at radius 2 is 2.19 bits per heavy atom. The van der Waals surface area contributed by atoms with Crippen molar-refractivity contribution in [2.45, 2.75) is 24.8 Å². The van der Waals surface area contributed by atoms with Gasteiger partial charge in [0.2, 0.25) is 10.0 Å². The quantitative estimate of drug-likeness (QED) is 0.787. The van der Waals surface area contributed by atoms with Gasteiger partial charge in [-0.15, -0.1) is 0 Å². The first-order chi connectivity index (χ1) is 9.80. The molecule has 21 heavy (non-hydrogen) atoms. The van der Waals surface area contributed by atoms with Crippen LogP contribution in [0.2, 0.25) is 0 Å². The summed E-state index contributed by atoms with van der Waals surface area (Å²) in [4.78, 5) is 0.00162. The number of nitrogens with two attached hydrogens (primary N) is 1. The fourth-order valence-electron chi connectivity index (χ4n) is 2.54. The predicted molar refractivity (Wildman–Crippen MR) is 75.9 cm³/mol. The number of nitrogen functional groups attached to an aromatic ring is 1. The van der Waals surface area contributed by atoms with E-state index < -0.39 is 21.9 Å². The molecule has 1 aliphatic heterocycles. The van der Waals surface area contributed by atoms with Gasteiger partial charge in [-0.2, -0.15) is 4.31 Å². The molecular weight excluding hydrogens is 299 g/mol. The van der Waals surface area contributed by atoms with Gasteiger partial charge in [0.25, 0.3) is 0 Å². The molecule has 2 rings (SSSR count). The van der Waals surface area contributed by atoms with Crippen molar-refractivity contribution in [3.8, 4) is 0 Å². The van der Waals surface area contributed by atoms with Gasteiger partial charge >= 0.3 is 0 Å². The summed E-state index contributed by atoms with van der Waals surface area (Å²) in [5, 5.41) is 9.34. The highest BCUT2D eigenvalue weighted by Crippen LogP contribution is 2.31. The first kappa shape index (κ1) is 16.2. The number of hydrogen-bond acceptors (Lipinski definition) is 5. The fourth-order valence-corrected chi connectivity index (χ4v) is 4.58. The Balaban J connectivity index is 2.56. The van der Waals surface area contributed by atoms with Crippen LogP contribution in [0.25, 0.3) is 0 Å². The van der Waals surface area contributed by atoms with Gasteiger partial charge in [-0.3, -0.25) is 0 Å². The summed E-state index contributed by atoms with van der Waals surface area (Å²) in [6.45, 7) is 3.19. The third-order valence-corrected chi connectivity index (χ3v) is 5.90. The van der Waals surface area contributed by atoms with E-state index in [1.54, 1.807) is 0 Å². The summed E-state index contributed by atoms with van der Waals surface area (Å²) in [5.74, 6) is -0.635. The summed E-state index contributed by atoms with van der Waals surface area (Å²) < 4.78 is 45.7. The van der Waals surface area contributed by atoms with E-state index in [1.807, 2.05) is 0 Å². The molecule has 0 spiro atoms. The van der Waals surface area contributed by atoms with Crippen LogP contribution in [0.3, 0.4) is 0 Å². The largest absolute Gasteiger partial charge is 0.396 e. The number of aliphatic hydroxyl groups excluding tert-OH is 1. The fraction of sp³-hybridized carbons (Fsp3) is 0.538. The minimum atomic E-state index is -3.88. The van der Waals surface area contributed by atoms with Crippen LogP contribution in [0.1, 0.15) is 11.1 Å². The standard InChI is InChI=1S/C13H19FN2O4S/c1-8-5-11(14)12(15)9(2)13(8)21(18,19)16-3-4-20-7-10(16)6-17/h5,10,17H,3-4,6-7,15H2,1-2H3. The summed E-state index contributed by atoms with van der Waals surface area (Å²) >= 11 is 0. The van der Waals surface area contributed by atoms with Crippen molar-refractivity contribution in [2.75, 3.05) is 32.1 Å². The number of sulfonamides is 1. The van der Waals surface area contributed by atoms with Crippen LogP contribution in [0.5, 0.6) is 0 Å². The van der Waals surface area contributed by atoms with E-state index in [-0.39, 0.29) is 42.5 Å². The number of rotatable bonds is 3. The maximum absolute atomic E-state index is 13.6. The van der Waals surface area contributed by atoms with Crippen molar-refractivity contribution in [2.24, 2.45) is 0 Å². The van der Waals surface area contributed by atoms with E-state index in [2.05, 4.69) is 0 Å². The van der Waals surface area contributed by atoms with E-state index in [4.69, 9.17) is 10.5 Å². The zero-order valence-electron chi connectivity index (χ0n) is 12.0. The van der Waals surface area contributed by atoms with Crippen LogP contribution < -0.4 is 5.73 Å². The van der Waals surface area contributed by atoms with Gasteiger partial charge < -0.3 is 15.6 Å². The van der Waals surface area contributed by atoms with Gasteiger partial charge in [-0.25, -0.2) is 12.8 Å². The topological polar surface area (TPSA) is 92.9 Å². The highest BCUT2D eigenvalue weighted by molar-refractivity contribution is 7.89. The van der Waals surface area contributed by atoms with Gasteiger partial charge in [-0.05, 0) is 31.0 Å². The normalized spacial score (nSPS) is 20.7. The van der Waals surface area contributed by atoms with Crippen molar-refractivity contribution in [3.63, 3.8) is 0 Å². The van der Waals surface area contributed by atoms with Crippen LogP contribution in [-0.2, 0) is 14.8 Å². The van der Waals surface area contributed by atoms with E-state index >= 15 is 0 Å². The first-order valence-corrected chi connectivity index (χ1v) is 8.00. The Labute approximate surface area is 123 Å².